The van der Waals surface area contributed by atoms with Crippen LogP contribution in [0, 0.1) is 5.92 Å². The Morgan fingerprint density at radius 3 is 3.14 bits per heavy atom. The number of unbranched alkanes of at least 4 members (excludes halogenated alkanes) is 1. The topological polar surface area (TPSA) is 50.4 Å². The van der Waals surface area contributed by atoms with Gasteiger partial charge >= 0.3 is 6.09 Å². The SMILES string of the molecule is CCCCOC(=O)NCC1CCNC1. The van der Waals surface area contributed by atoms with Gasteiger partial charge in [0.25, 0.3) is 0 Å². The molecule has 1 amide bonds. The standard InChI is InChI=1S/C10H20N2O2/c1-2-3-6-14-10(13)12-8-9-4-5-11-7-9/h9,11H,2-8H2,1H3,(H,12,13). The van der Waals surface area contributed by atoms with Gasteiger partial charge in [-0.05, 0) is 31.8 Å². The van der Waals surface area contributed by atoms with E-state index in [9.17, 15) is 4.79 Å². The molecule has 4 nitrogen and oxygen atoms in total. The fourth-order valence-electron chi connectivity index (χ4n) is 1.48. The molecule has 1 saturated heterocycles. The summed E-state index contributed by atoms with van der Waals surface area (Å²) < 4.78 is 4.97. The third-order valence-electron chi connectivity index (χ3n) is 2.43. The molecule has 1 atom stereocenters. The molecule has 1 aliphatic heterocycles. The summed E-state index contributed by atoms with van der Waals surface area (Å²) >= 11 is 0. The van der Waals surface area contributed by atoms with Gasteiger partial charge < -0.3 is 15.4 Å². The second-order valence-electron chi connectivity index (χ2n) is 3.73. The van der Waals surface area contributed by atoms with Crippen molar-refractivity contribution in [3.63, 3.8) is 0 Å². The molecule has 1 fully saturated rings. The lowest BCUT2D eigenvalue weighted by molar-refractivity contribution is 0.143. The summed E-state index contributed by atoms with van der Waals surface area (Å²) in [7, 11) is 0. The van der Waals surface area contributed by atoms with Gasteiger partial charge in [-0.1, -0.05) is 13.3 Å². The molecule has 1 rings (SSSR count). The van der Waals surface area contributed by atoms with E-state index in [1.165, 1.54) is 0 Å². The van der Waals surface area contributed by atoms with Crippen molar-refractivity contribution in [1.29, 1.82) is 0 Å². The van der Waals surface area contributed by atoms with Gasteiger partial charge in [-0.3, -0.25) is 0 Å². The molecule has 0 aromatic rings. The molecule has 0 aromatic carbocycles. The van der Waals surface area contributed by atoms with Gasteiger partial charge in [0, 0.05) is 6.54 Å². The third-order valence-corrected chi connectivity index (χ3v) is 2.43. The molecule has 0 bridgehead atoms. The maximum atomic E-state index is 11.1. The predicted octanol–water partition coefficient (Wildman–Crippen LogP) is 1.12. The molecule has 0 aliphatic carbocycles. The van der Waals surface area contributed by atoms with Gasteiger partial charge in [0.1, 0.15) is 0 Å². The molecule has 0 spiro atoms. The molecular weight excluding hydrogens is 180 g/mol. The Hall–Kier alpha value is -0.770. The van der Waals surface area contributed by atoms with Crippen molar-refractivity contribution in [3.8, 4) is 0 Å². The largest absolute Gasteiger partial charge is 0.450 e. The zero-order valence-electron chi connectivity index (χ0n) is 8.84. The monoisotopic (exact) mass is 200 g/mol. The highest BCUT2D eigenvalue weighted by atomic mass is 16.5. The molecule has 2 N–H and O–H groups in total. The van der Waals surface area contributed by atoms with Crippen LogP contribution in [0.15, 0.2) is 0 Å². The smallest absolute Gasteiger partial charge is 0.407 e. The van der Waals surface area contributed by atoms with E-state index < -0.39 is 0 Å². The Balaban J connectivity index is 1.96. The fraction of sp³-hybridized carbons (Fsp3) is 0.900. The van der Waals surface area contributed by atoms with Gasteiger partial charge in [0.05, 0.1) is 6.61 Å². The lowest BCUT2D eigenvalue weighted by Crippen LogP contribution is -2.30. The molecule has 0 aromatic heterocycles. The molecule has 14 heavy (non-hydrogen) atoms. The highest BCUT2D eigenvalue weighted by molar-refractivity contribution is 5.67. The van der Waals surface area contributed by atoms with E-state index in [1.807, 2.05) is 0 Å². The summed E-state index contributed by atoms with van der Waals surface area (Å²) in [6, 6.07) is 0. The first kappa shape index (κ1) is 11.3. The van der Waals surface area contributed by atoms with Crippen molar-refractivity contribution in [2.75, 3.05) is 26.2 Å². The van der Waals surface area contributed by atoms with E-state index >= 15 is 0 Å². The van der Waals surface area contributed by atoms with Crippen LogP contribution in [0.5, 0.6) is 0 Å². The van der Waals surface area contributed by atoms with Gasteiger partial charge in [0.2, 0.25) is 0 Å². The summed E-state index contributed by atoms with van der Waals surface area (Å²) in [6.07, 6.45) is 2.87. The van der Waals surface area contributed by atoms with Crippen LogP contribution in [0.1, 0.15) is 26.2 Å². The maximum Gasteiger partial charge on any atom is 0.407 e. The van der Waals surface area contributed by atoms with Crippen LogP contribution in [0.4, 0.5) is 4.79 Å². The van der Waals surface area contributed by atoms with Crippen molar-refractivity contribution in [2.24, 2.45) is 5.92 Å². The second-order valence-corrected chi connectivity index (χ2v) is 3.73. The highest BCUT2D eigenvalue weighted by Crippen LogP contribution is 2.05. The fourth-order valence-corrected chi connectivity index (χ4v) is 1.48. The van der Waals surface area contributed by atoms with Gasteiger partial charge in [-0.25, -0.2) is 4.79 Å². The number of hydrogen-bond acceptors (Lipinski definition) is 3. The summed E-state index contributed by atoms with van der Waals surface area (Å²) in [5, 5.41) is 6.04. The van der Waals surface area contributed by atoms with E-state index in [1.54, 1.807) is 0 Å². The minimum Gasteiger partial charge on any atom is -0.450 e. The average Bonchev–Trinajstić information content (AvgIpc) is 2.68. The number of ether oxygens (including phenoxy) is 1. The minimum atomic E-state index is -0.273. The van der Waals surface area contributed by atoms with Crippen molar-refractivity contribution in [1.82, 2.24) is 10.6 Å². The van der Waals surface area contributed by atoms with Crippen LogP contribution in [-0.2, 0) is 4.74 Å². The molecule has 1 aliphatic rings. The highest BCUT2D eigenvalue weighted by Gasteiger charge is 2.15. The van der Waals surface area contributed by atoms with Gasteiger partial charge in [-0.15, -0.1) is 0 Å². The van der Waals surface area contributed by atoms with Crippen molar-refractivity contribution in [3.05, 3.63) is 0 Å². The van der Waals surface area contributed by atoms with Gasteiger partial charge in [0.15, 0.2) is 0 Å². The van der Waals surface area contributed by atoms with E-state index in [4.69, 9.17) is 4.74 Å². The number of nitrogens with one attached hydrogen (secondary N) is 2. The molecular formula is C10H20N2O2. The van der Waals surface area contributed by atoms with Crippen LogP contribution < -0.4 is 10.6 Å². The van der Waals surface area contributed by atoms with E-state index in [2.05, 4.69) is 17.6 Å². The van der Waals surface area contributed by atoms with Crippen molar-refractivity contribution in [2.45, 2.75) is 26.2 Å². The Morgan fingerprint density at radius 2 is 2.50 bits per heavy atom. The van der Waals surface area contributed by atoms with Gasteiger partial charge in [-0.2, -0.15) is 0 Å². The Kier molecular flexibility index (Phi) is 5.37. The molecule has 4 heteroatoms. The van der Waals surface area contributed by atoms with Crippen LogP contribution in [0.2, 0.25) is 0 Å². The van der Waals surface area contributed by atoms with Crippen LogP contribution in [-0.4, -0.2) is 32.3 Å². The third kappa shape index (κ3) is 4.46. The first-order valence-corrected chi connectivity index (χ1v) is 5.44. The van der Waals surface area contributed by atoms with Crippen LogP contribution >= 0.6 is 0 Å². The number of amides is 1. The van der Waals surface area contributed by atoms with Crippen molar-refractivity contribution < 1.29 is 9.53 Å². The quantitative estimate of drug-likeness (QED) is 0.654. The first-order chi connectivity index (χ1) is 6.83. The first-order valence-electron chi connectivity index (χ1n) is 5.44. The zero-order valence-corrected chi connectivity index (χ0v) is 8.84. The Morgan fingerprint density at radius 1 is 1.64 bits per heavy atom. The average molecular weight is 200 g/mol. The number of alkyl carbamates (subject to hydrolysis) is 1. The van der Waals surface area contributed by atoms with Crippen LogP contribution in [0.3, 0.4) is 0 Å². The predicted molar refractivity (Wildman–Crippen MR) is 55.2 cm³/mol. The number of hydrogen-bond donors (Lipinski definition) is 2. The summed E-state index contributed by atoms with van der Waals surface area (Å²) in [6.45, 7) is 5.42. The zero-order chi connectivity index (χ0) is 10.2. The lowest BCUT2D eigenvalue weighted by atomic mass is 10.1. The van der Waals surface area contributed by atoms with Crippen LogP contribution in [0.25, 0.3) is 0 Å². The van der Waals surface area contributed by atoms with Crippen molar-refractivity contribution >= 4 is 6.09 Å². The van der Waals surface area contributed by atoms with E-state index in [0.29, 0.717) is 12.5 Å². The molecule has 82 valence electrons. The summed E-state index contributed by atoms with van der Waals surface area (Å²) in [4.78, 5) is 11.1. The molecule has 0 saturated carbocycles. The van der Waals surface area contributed by atoms with E-state index in [0.717, 1.165) is 38.9 Å². The Bertz CT molecular complexity index is 168. The molecule has 1 heterocycles. The molecule has 0 radical (unpaired) electrons. The minimum absolute atomic E-state index is 0.273. The number of carbonyl (C=O) groups excluding carboxylic acids is 1. The Labute approximate surface area is 85.4 Å². The summed E-state index contributed by atoms with van der Waals surface area (Å²) in [5.74, 6) is 0.578. The number of carbonyl (C=O) groups is 1. The van der Waals surface area contributed by atoms with E-state index in [-0.39, 0.29) is 6.09 Å². The molecule has 1 unspecified atom stereocenters. The second kappa shape index (κ2) is 6.65. The normalized spacial score (nSPS) is 20.8. The summed E-state index contributed by atoms with van der Waals surface area (Å²) in [5.41, 5.74) is 0. The maximum absolute atomic E-state index is 11.1. The lowest BCUT2D eigenvalue weighted by Gasteiger charge is -2.10. The number of rotatable bonds is 5.